The molecule has 11 heteroatoms. The van der Waals surface area contributed by atoms with E-state index in [1.807, 2.05) is 35.1 Å². The van der Waals surface area contributed by atoms with Crippen LogP contribution in [-0.2, 0) is 16.7 Å². The summed E-state index contributed by atoms with van der Waals surface area (Å²) in [5, 5.41) is 37.8. The molecule has 2 aromatic carbocycles. The van der Waals surface area contributed by atoms with E-state index in [0.717, 1.165) is 68.3 Å². The molecular weight excluding hydrogens is 580 g/mol. The van der Waals surface area contributed by atoms with Gasteiger partial charge in [-0.05, 0) is 85.5 Å². The fraction of sp³-hybridized carbons (Fsp3) is 0.429. The summed E-state index contributed by atoms with van der Waals surface area (Å²) >= 11 is 0. The van der Waals surface area contributed by atoms with Gasteiger partial charge in [0.1, 0.15) is 17.1 Å². The predicted molar refractivity (Wildman–Crippen MR) is 175 cm³/mol. The number of phenols is 1. The number of ether oxygens (including phenoxy) is 1. The smallest absolute Gasteiger partial charge is 0.203 e. The number of nitrogens with two attached hydrogens (primary N) is 1. The molecule has 46 heavy (non-hydrogen) atoms. The van der Waals surface area contributed by atoms with Gasteiger partial charge >= 0.3 is 0 Å². The molecule has 3 saturated carbocycles. The maximum Gasteiger partial charge on any atom is 0.203 e. The number of H-pyrrole nitrogens is 1. The lowest BCUT2D eigenvalue weighted by Gasteiger charge is -2.60. The van der Waals surface area contributed by atoms with Crippen molar-refractivity contribution in [1.82, 2.24) is 35.1 Å². The summed E-state index contributed by atoms with van der Waals surface area (Å²) in [7, 11) is 1.75. The van der Waals surface area contributed by atoms with Crippen LogP contribution in [0.1, 0.15) is 66.7 Å². The first kappa shape index (κ1) is 30.3. The minimum absolute atomic E-state index is 0.0854. The van der Waals surface area contributed by atoms with Crippen LogP contribution in [0.5, 0.6) is 5.75 Å². The normalized spacial score (nSPS) is 23.3. The SMILES string of the molecule is COCCN(CCC(c1cnn(Cc2cccc(O)c2)c1)c1cc(N)nc2n[nH]nc12)C12CCC(c3ccccc3)(CC1)[C@@H](O)C2. The van der Waals surface area contributed by atoms with E-state index in [1.165, 1.54) is 5.56 Å². The number of fused-ring (bicyclic) bond motifs is 4. The monoisotopic (exact) mass is 622 g/mol. The number of anilines is 1. The molecule has 0 amide bonds. The average Bonchev–Trinajstić information content (AvgIpc) is 3.73. The molecule has 5 aromatic rings. The molecule has 240 valence electrons. The van der Waals surface area contributed by atoms with Crippen molar-refractivity contribution in [2.24, 2.45) is 0 Å². The van der Waals surface area contributed by atoms with Crippen LogP contribution in [-0.4, -0.2) is 83.7 Å². The van der Waals surface area contributed by atoms with Crippen molar-refractivity contribution in [2.45, 2.75) is 68.0 Å². The highest BCUT2D eigenvalue weighted by Crippen LogP contribution is 2.56. The topological polar surface area (TPSA) is 151 Å². The summed E-state index contributed by atoms with van der Waals surface area (Å²) < 4.78 is 7.50. The second-order valence-corrected chi connectivity index (χ2v) is 13.1. The Balaban J connectivity index is 1.18. The van der Waals surface area contributed by atoms with E-state index in [2.05, 4.69) is 55.8 Å². The fourth-order valence-corrected chi connectivity index (χ4v) is 8.16. The number of phenolic OH excluding ortho intramolecular Hbond substituents is 1. The molecule has 1 unspecified atom stereocenters. The number of aliphatic hydroxyl groups excluding tert-OH is 1. The molecule has 0 aliphatic heterocycles. The Labute approximate surface area is 268 Å². The summed E-state index contributed by atoms with van der Waals surface area (Å²) in [4.78, 5) is 6.97. The summed E-state index contributed by atoms with van der Waals surface area (Å²) in [5.74, 6) is 0.539. The molecular formula is C35H42N8O3. The lowest BCUT2D eigenvalue weighted by Crippen LogP contribution is -2.64. The van der Waals surface area contributed by atoms with Gasteiger partial charge in [0.25, 0.3) is 0 Å². The van der Waals surface area contributed by atoms with E-state index in [0.29, 0.717) is 30.1 Å². The highest BCUT2D eigenvalue weighted by molar-refractivity contribution is 5.77. The minimum atomic E-state index is -0.399. The summed E-state index contributed by atoms with van der Waals surface area (Å²) in [6, 6.07) is 19.7. The third-order valence-corrected chi connectivity index (χ3v) is 10.6. The Morgan fingerprint density at radius 1 is 1.07 bits per heavy atom. The molecule has 2 atom stereocenters. The van der Waals surface area contributed by atoms with E-state index >= 15 is 0 Å². The van der Waals surface area contributed by atoms with Crippen molar-refractivity contribution in [3.63, 3.8) is 0 Å². The molecule has 2 bridgehead atoms. The number of pyridine rings is 1. The number of aromatic nitrogens is 6. The lowest BCUT2D eigenvalue weighted by molar-refractivity contribution is -0.104. The van der Waals surface area contributed by atoms with Crippen molar-refractivity contribution in [3.8, 4) is 5.75 Å². The van der Waals surface area contributed by atoms with Gasteiger partial charge in [0, 0.05) is 36.7 Å². The highest BCUT2D eigenvalue weighted by Gasteiger charge is 2.56. The van der Waals surface area contributed by atoms with Gasteiger partial charge in [-0.3, -0.25) is 9.58 Å². The molecule has 3 aliphatic carbocycles. The number of benzene rings is 2. The quantitative estimate of drug-likeness (QED) is 0.159. The maximum absolute atomic E-state index is 11.7. The number of hydrogen-bond donors (Lipinski definition) is 4. The van der Waals surface area contributed by atoms with Gasteiger partial charge in [0.2, 0.25) is 5.65 Å². The number of hydrogen-bond acceptors (Lipinski definition) is 9. The largest absolute Gasteiger partial charge is 0.508 e. The van der Waals surface area contributed by atoms with Gasteiger partial charge in [-0.1, -0.05) is 42.5 Å². The van der Waals surface area contributed by atoms with Gasteiger partial charge in [0.05, 0.1) is 25.5 Å². The van der Waals surface area contributed by atoms with E-state index in [-0.39, 0.29) is 22.6 Å². The molecule has 11 nitrogen and oxygen atoms in total. The van der Waals surface area contributed by atoms with Gasteiger partial charge in [-0.15, -0.1) is 5.10 Å². The first-order valence-corrected chi connectivity index (χ1v) is 16.1. The Morgan fingerprint density at radius 2 is 1.89 bits per heavy atom. The van der Waals surface area contributed by atoms with Crippen molar-refractivity contribution in [2.75, 3.05) is 32.5 Å². The molecule has 3 fully saturated rings. The van der Waals surface area contributed by atoms with Gasteiger partial charge < -0.3 is 20.7 Å². The number of rotatable bonds is 12. The van der Waals surface area contributed by atoms with Crippen molar-refractivity contribution < 1.29 is 14.9 Å². The first-order valence-electron chi connectivity index (χ1n) is 16.1. The van der Waals surface area contributed by atoms with Gasteiger partial charge in [0.15, 0.2) is 0 Å². The van der Waals surface area contributed by atoms with Crippen molar-refractivity contribution >= 4 is 17.0 Å². The van der Waals surface area contributed by atoms with Crippen LogP contribution < -0.4 is 5.73 Å². The molecule has 5 N–H and O–H groups in total. The Morgan fingerprint density at radius 3 is 2.65 bits per heavy atom. The molecule has 0 spiro atoms. The Kier molecular flexibility index (Phi) is 8.22. The number of nitrogen functional groups attached to an aromatic ring is 1. The van der Waals surface area contributed by atoms with Crippen molar-refractivity contribution in [1.29, 1.82) is 0 Å². The van der Waals surface area contributed by atoms with Crippen LogP contribution in [0, 0.1) is 0 Å². The zero-order valence-corrected chi connectivity index (χ0v) is 26.2. The number of nitrogens with one attached hydrogen (secondary N) is 1. The van der Waals surface area contributed by atoms with E-state index in [1.54, 1.807) is 19.2 Å². The third-order valence-electron chi connectivity index (χ3n) is 10.6. The molecule has 0 saturated heterocycles. The van der Waals surface area contributed by atoms with Crippen LogP contribution >= 0.6 is 0 Å². The van der Waals surface area contributed by atoms with E-state index in [4.69, 9.17) is 15.6 Å². The third kappa shape index (κ3) is 5.63. The van der Waals surface area contributed by atoms with E-state index < -0.39 is 6.10 Å². The number of methoxy groups -OCH3 is 1. The van der Waals surface area contributed by atoms with Gasteiger partial charge in [-0.25, -0.2) is 4.98 Å². The molecule has 8 rings (SSSR count). The van der Waals surface area contributed by atoms with Gasteiger partial charge in [-0.2, -0.15) is 15.4 Å². The molecule has 3 aliphatic rings. The van der Waals surface area contributed by atoms with Crippen LogP contribution in [0.15, 0.2) is 73.1 Å². The van der Waals surface area contributed by atoms with Crippen LogP contribution in [0.3, 0.4) is 0 Å². The van der Waals surface area contributed by atoms with Crippen LogP contribution in [0.25, 0.3) is 11.2 Å². The number of aromatic hydroxyl groups is 1. The summed E-state index contributed by atoms with van der Waals surface area (Å²) in [5.41, 5.74) is 11.4. The zero-order chi connectivity index (χ0) is 31.7. The first-order chi connectivity index (χ1) is 22.4. The summed E-state index contributed by atoms with van der Waals surface area (Å²) in [6.07, 6.45) is 9.09. The number of aliphatic hydroxyl groups is 1. The highest BCUT2D eigenvalue weighted by atomic mass is 16.5. The van der Waals surface area contributed by atoms with Crippen LogP contribution in [0.4, 0.5) is 5.82 Å². The predicted octanol–water partition coefficient (Wildman–Crippen LogP) is 4.37. The number of aromatic amines is 1. The Hall–Kier alpha value is -4.32. The maximum atomic E-state index is 11.7. The van der Waals surface area contributed by atoms with E-state index in [9.17, 15) is 10.2 Å². The molecule has 0 radical (unpaired) electrons. The second kappa shape index (κ2) is 12.5. The molecule has 3 heterocycles. The average molecular weight is 623 g/mol. The minimum Gasteiger partial charge on any atom is -0.508 e. The lowest BCUT2D eigenvalue weighted by atomic mass is 9.53. The number of nitrogens with zero attached hydrogens (tertiary/aromatic N) is 6. The zero-order valence-electron chi connectivity index (χ0n) is 26.2. The summed E-state index contributed by atoms with van der Waals surface area (Å²) in [6.45, 7) is 2.72. The fourth-order valence-electron chi connectivity index (χ4n) is 8.16. The molecule has 3 aromatic heterocycles. The Bertz CT molecular complexity index is 1780. The standard InChI is InChI=1S/C35H42N8O3/c1-46-17-16-42(34-11-13-35(14-12-34,30(45)20-34)26-7-3-2-4-8-26)15-10-28(29-19-31(36)38-33-32(29)39-41-40-33)25-21-37-43(23-25)22-24-6-5-9-27(44)18-24/h2-9,18-19,21,23,28,30,44-45H,10-17,20,22H2,1H3,(H3,36,38,39,40,41)/t28?,30-,34?,35?/m0/s1. The second-order valence-electron chi connectivity index (χ2n) is 13.1. The van der Waals surface area contributed by atoms with Crippen LogP contribution in [0.2, 0.25) is 0 Å². The van der Waals surface area contributed by atoms with Crippen molar-refractivity contribution in [3.05, 3.63) is 95.3 Å².